The van der Waals surface area contributed by atoms with Crippen molar-refractivity contribution in [2.75, 3.05) is 0 Å². The van der Waals surface area contributed by atoms with Gasteiger partial charge in [-0.15, -0.1) is 0 Å². The van der Waals surface area contributed by atoms with Gasteiger partial charge in [0.2, 0.25) is 0 Å². The highest BCUT2D eigenvalue weighted by atomic mass is 16.3. The third-order valence-electron chi connectivity index (χ3n) is 3.55. The number of aromatic nitrogens is 3. The summed E-state index contributed by atoms with van der Waals surface area (Å²) in [4.78, 5) is 4.43. The fourth-order valence-electron chi connectivity index (χ4n) is 2.32. The predicted octanol–water partition coefficient (Wildman–Crippen LogP) is 2.81. The van der Waals surface area contributed by atoms with E-state index in [2.05, 4.69) is 27.3 Å². The maximum Gasteiger partial charge on any atom is 0.181 e. The van der Waals surface area contributed by atoms with E-state index in [-0.39, 0.29) is 11.8 Å². The second-order valence-corrected chi connectivity index (χ2v) is 5.23. The minimum atomic E-state index is -0.196. The summed E-state index contributed by atoms with van der Waals surface area (Å²) in [6, 6.07) is 16.9. The van der Waals surface area contributed by atoms with Crippen LogP contribution in [0, 0.1) is 0 Å². The van der Waals surface area contributed by atoms with E-state index in [0.717, 1.165) is 18.4 Å². The molecule has 0 amide bonds. The average molecular weight is 294 g/mol. The van der Waals surface area contributed by atoms with Gasteiger partial charge in [0.1, 0.15) is 11.6 Å². The maximum atomic E-state index is 9.51. The van der Waals surface area contributed by atoms with Crippen LogP contribution in [-0.2, 0) is 6.42 Å². The van der Waals surface area contributed by atoms with Crippen molar-refractivity contribution in [2.45, 2.75) is 18.9 Å². The highest BCUT2D eigenvalue weighted by Gasteiger charge is 2.13. The number of aryl methyl sites for hydroxylation is 1. The van der Waals surface area contributed by atoms with E-state index < -0.39 is 0 Å². The third kappa shape index (κ3) is 3.32. The Labute approximate surface area is 128 Å². The number of nitrogens with two attached hydrogens (primary N) is 1. The lowest BCUT2D eigenvalue weighted by molar-refractivity contribution is 0.475. The smallest absolute Gasteiger partial charge is 0.181 e. The minimum Gasteiger partial charge on any atom is -0.508 e. The Morgan fingerprint density at radius 1 is 1.09 bits per heavy atom. The molecule has 5 heteroatoms. The molecular formula is C17H18N4O. The van der Waals surface area contributed by atoms with Gasteiger partial charge < -0.3 is 10.8 Å². The molecule has 0 spiro atoms. The van der Waals surface area contributed by atoms with Crippen LogP contribution in [0.3, 0.4) is 0 Å². The van der Waals surface area contributed by atoms with Crippen LogP contribution in [0.2, 0.25) is 0 Å². The molecule has 112 valence electrons. The molecule has 0 bridgehead atoms. The predicted molar refractivity (Wildman–Crippen MR) is 85.2 cm³/mol. The molecule has 1 atom stereocenters. The molecule has 0 aliphatic heterocycles. The Morgan fingerprint density at radius 3 is 2.68 bits per heavy atom. The second-order valence-electron chi connectivity index (χ2n) is 5.23. The van der Waals surface area contributed by atoms with E-state index in [4.69, 9.17) is 5.73 Å². The summed E-state index contributed by atoms with van der Waals surface area (Å²) in [5, 5.41) is 16.6. The Hall–Kier alpha value is -2.66. The van der Waals surface area contributed by atoms with Crippen LogP contribution in [0.1, 0.15) is 23.9 Å². The zero-order valence-electron chi connectivity index (χ0n) is 12.1. The van der Waals surface area contributed by atoms with Gasteiger partial charge in [0.25, 0.3) is 0 Å². The van der Waals surface area contributed by atoms with Gasteiger partial charge in [0.15, 0.2) is 5.82 Å². The normalized spacial score (nSPS) is 12.2. The van der Waals surface area contributed by atoms with E-state index in [1.807, 2.05) is 24.3 Å². The SMILES string of the molecule is N[C@H](CCc1ccccc1)c1nc(-c2cccc(O)c2)n[nH]1. The molecule has 0 aliphatic carbocycles. The van der Waals surface area contributed by atoms with Crippen molar-refractivity contribution >= 4 is 0 Å². The van der Waals surface area contributed by atoms with Crippen LogP contribution in [-0.4, -0.2) is 20.3 Å². The molecular weight excluding hydrogens is 276 g/mol. The van der Waals surface area contributed by atoms with E-state index in [0.29, 0.717) is 11.6 Å². The number of hydrogen-bond acceptors (Lipinski definition) is 4. The number of rotatable bonds is 5. The first-order valence-electron chi connectivity index (χ1n) is 7.23. The Bertz CT molecular complexity index is 739. The minimum absolute atomic E-state index is 0.192. The maximum absolute atomic E-state index is 9.51. The quantitative estimate of drug-likeness (QED) is 0.675. The number of benzene rings is 2. The van der Waals surface area contributed by atoms with Crippen LogP contribution in [0.25, 0.3) is 11.4 Å². The van der Waals surface area contributed by atoms with Crippen molar-refractivity contribution in [3.05, 3.63) is 66.0 Å². The monoisotopic (exact) mass is 294 g/mol. The molecule has 22 heavy (non-hydrogen) atoms. The highest BCUT2D eigenvalue weighted by molar-refractivity contribution is 5.56. The van der Waals surface area contributed by atoms with Crippen LogP contribution in [0.15, 0.2) is 54.6 Å². The van der Waals surface area contributed by atoms with Crippen molar-refractivity contribution in [3.63, 3.8) is 0 Å². The topological polar surface area (TPSA) is 87.8 Å². The lowest BCUT2D eigenvalue weighted by Crippen LogP contribution is -2.13. The van der Waals surface area contributed by atoms with Gasteiger partial charge in [-0.05, 0) is 30.5 Å². The van der Waals surface area contributed by atoms with E-state index >= 15 is 0 Å². The number of hydrogen-bond donors (Lipinski definition) is 3. The van der Waals surface area contributed by atoms with Crippen molar-refractivity contribution in [2.24, 2.45) is 5.73 Å². The molecule has 3 rings (SSSR count). The number of aromatic amines is 1. The summed E-state index contributed by atoms with van der Waals surface area (Å²) in [5.41, 5.74) is 8.20. The standard InChI is InChI=1S/C17H18N4O/c18-15(10-9-12-5-2-1-3-6-12)17-19-16(20-21-17)13-7-4-8-14(22)11-13/h1-8,11,15,22H,9-10,18H2,(H,19,20,21)/t15-/m1/s1. The molecule has 2 aromatic carbocycles. The summed E-state index contributed by atoms with van der Waals surface area (Å²) >= 11 is 0. The zero-order valence-corrected chi connectivity index (χ0v) is 12.1. The van der Waals surface area contributed by atoms with Gasteiger partial charge >= 0.3 is 0 Å². The Kier molecular flexibility index (Phi) is 4.16. The van der Waals surface area contributed by atoms with E-state index in [9.17, 15) is 5.11 Å². The molecule has 0 fully saturated rings. The van der Waals surface area contributed by atoms with Crippen LogP contribution in [0.4, 0.5) is 0 Å². The number of H-pyrrole nitrogens is 1. The first-order valence-corrected chi connectivity index (χ1v) is 7.23. The summed E-state index contributed by atoms with van der Waals surface area (Å²) < 4.78 is 0. The van der Waals surface area contributed by atoms with Crippen LogP contribution in [0.5, 0.6) is 5.75 Å². The molecule has 3 aromatic rings. The van der Waals surface area contributed by atoms with Gasteiger partial charge in [-0.1, -0.05) is 42.5 Å². The summed E-state index contributed by atoms with van der Waals surface area (Å²) in [7, 11) is 0. The number of nitrogens with zero attached hydrogens (tertiary/aromatic N) is 2. The summed E-state index contributed by atoms with van der Waals surface area (Å²) in [6.45, 7) is 0. The average Bonchev–Trinajstić information content (AvgIpc) is 3.04. The lowest BCUT2D eigenvalue weighted by atomic mass is 10.1. The molecule has 4 N–H and O–H groups in total. The number of nitrogens with one attached hydrogen (secondary N) is 1. The van der Waals surface area contributed by atoms with Gasteiger partial charge in [-0.3, -0.25) is 5.10 Å². The largest absolute Gasteiger partial charge is 0.508 e. The highest BCUT2D eigenvalue weighted by Crippen LogP contribution is 2.21. The Morgan fingerprint density at radius 2 is 1.91 bits per heavy atom. The van der Waals surface area contributed by atoms with E-state index in [1.165, 1.54) is 5.56 Å². The summed E-state index contributed by atoms with van der Waals surface area (Å²) in [5.74, 6) is 1.40. The number of phenolic OH excluding ortho intramolecular Hbond substituents is 1. The fraction of sp³-hybridized carbons (Fsp3) is 0.176. The molecule has 0 saturated heterocycles. The van der Waals surface area contributed by atoms with Gasteiger partial charge in [0.05, 0.1) is 6.04 Å². The van der Waals surface area contributed by atoms with Crippen LogP contribution >= 0.6 is 0 Å². The molecule has 5 nitrogen and oxygen atoms in total. The van der Waals surface area contributed by atoms with E-state index in [1.54, 1.807) is 18.2 Å². The van der Waals surface area contributed by atoms with Gasteiger partial charge in [0, 0.05) is 5.56 Å². The lowest BCUT2D eigenvalue weighted by Gasteiger charge is -2.07. The van der Waals surface area contributed by atoms with Gasteiger partial charge in [-0.2, -0.15) is 5.10 Å². The van der Waals surface area contributed by atoms with Crippen molar-refractivity contribution in [3.8, 4) is 17.1 Å². The molecule has 0 unspecified atom stereocenters. The molecule has 0 saturated carbocycles. The first-order chi connectivity index (χ1) is 10.7. The van der Waals surface area contributed by atoms with Gasteiger partial charge in [-0.25, -0.2) is 4.98 Å². The fourth-order valence-corrected chi connectivity index (χ4v) is 2.32. The summed E-state index contributed by atoms with van der Waals surface area (Å²) in [6.07, 6.45) is 1.68. The van der Waals surface area contributed by atoms with Crippen molar-refractivity contribution in [1.29, 1.82) is 0 Å². The molecule has 0 radical (unpaired) electrons. The Balaban J connectivity index is 1.68. The molecule has 0 aliphatic rings. The van der Waals surface area contributed by atoms with Crippen LogP contribution < -0.4 is 5.73 Å². The molecule has 1 aromatic heterocycles. The third-order valence-corrected chi connectivity index (χ3v) is 3.55. The van der Waals surface area contributed by atoms with Crippen molar-refractivity contribution in [1.82, 2.24) is 15.2 Å². The number of aromatic hydroxyl groups is 1. The second kappa shape index (κ2) is 6.41. The zero-order chi connectivity index (χ0) is 15.4. The van der Waals surface area contributed by atoms with Crippen molar-refractivity contribution < 1.29 is 5.11 Å². The molecule has 1 heterocycles. The number of phenols is 1. The first kappa shape index (κ1) is 14.3.